The Morgan fingerprint density at radius 1 is 1.00 bits per heavy atom. The van der Waals surface area contributed by atoms with E-state index in [1.165, 1.54) is 24.0 Å². The van der Waals surface area contributed by atoms with E-state index in [0.29, 0.717) is 0 Å². The molecule has 1 N–H and O–H groups in total. The summed E-state index contributed by atoms with van der Waals surface area (Å²) in [5.41, 5.74) is 3.78. The smallest absolute Gasteiger partial charge is 0.124 e. The molecule has 0 spiro atoms. The van der Waals surface area contributed by atoms with Gasteiger partial charge in [0, 0.05) is 30.4 Å². The van der Waals surface area contributed by atoms with Gasteiger partial charge in [0.1, 0.15) is 11.5 Å². The van der Waals surface area contributed by atoms with Crippen LogP contribution in [0.25, 0.3) is 0 Å². The van der Waals surface area contributed by atoms with Gasteiger partial charge in [-0.2, -0.15) is 0 Å². The maximum absolute atomic E-state index is 5.29. The van der Waals surface area contributed by atoms with Crippen molar-refractivity contribution in [2.45, 2.75) is 25.3 Å². The lowest BCUT2D eigenvalue weighted by Gasteiger charge is -2.11. The summed E-state index contributed by atoms with van der Waals surface area (Å²) >= 11 is 0. The van der Waals surface area contributed by atoms with Crippen molar-refractivity contribution in [3.63, 3.8) is 0 Å². The third-order valence-electron chi connectivity index (χ3n) is 3.85. The first-order valence-corrected chi connectivity index (χ1v) is 7.34. The Labute approximate surface area is 125 Å². The van der Waals surface area contributed by atoms with Crippen molar-refractivity contribution in [1.82, 2.24) is 0 Å². The van der Waals surface area contributed by atoms with Crippen LogP contribution in [-0.2, 0) is 6.54 Å². The van der Waals surface area contributed by atoms with E-state index in [0.717, 1.165) is 29.6 Å². The fourth-order valence-electron chi connectivity index (χ4n) is 2.49. The average molecular weight is 283 g/mol. The molecule has 3 nitrogen and oxygen atoms in total. The second-order valence-corrected chi connectivity index (χ2v) is 5.47. The highest BCUT2D eigenvalue weighted by molar-refractivity contribution is 5.54. The Bertz CT molecular complexity index is 598. The Kier molecular flexibility index (Phi) is 4.00. The monoisotopic (exact) mass is 283 g/mol. The van der Waals surface area contributed by atoms with Crippen molar-refractivity contribution in [2.75, 3.05) is 19.5 Å². The number of hydrogen-bond acceptors (Lipinski definition) is 3. The molecule has 0 radical (unpaired) electrons. The van der Waals surface area contributed by atoms with Crippen molar-refractivity contribution in [1.29, 1.82) is 0 Å². The van der Waals surface area contributed by atoms with Crippen LogP contribution in [0.5, 0.6) is 11.5 Å². The molecule has 2 aromatic rings. The maximum atomic E-state index is 5.29. The van der Waals surface area contributed by atoms with Crippen LogP contribution in [-0.4, -0.2) is 14.2 Å². The highest BCUT2D eigenvalue weighted by Gasteiger charge is 2.23. The molecular formula is C18H21NO2. The quantitative estimate of drug-likeness (QED) is 0.862. The van der Waals surface area contributed by atoms with E-state index in [1.807, 2.05) is 18.2 Å². The minimum absolute atomic E-state index is 0.793. The average Bonchev–Trinajstić information content (AvgIpc) is 3.37. The van der Waals surface area contributed by atoms with Gasteiger partial charge in [0.25, 0.3) is 0 Å². The van der Waals surface area contributed by atoms with Gasteiger partial charge in [-0.25, -0.2) is 0 Å². The largest absolute Gasteiger partial charge is 0.497 e. The molecule has 0 heterocycles. The van der Waals surface area contributed by atoms with Gasteiger partial charge in [-0.05, 0) is 29.9 Å². The summed E-state index contributed by atoms with van der Waals surface area (Å²) in [6.07, 6.45) is 2.67. The van der Waals surface area contributed by atoms with Crippen LogP contribution in [0.3, 0.4) is 0 Å². The van der Waals surface area contributed by atoms with Crippen molar-refractivity contribution >= 4 is 5.69 Å². The predicted molar refractivity (Wildman–Crippen MR) is 85.3 cm³/mol. The molecular weight excluding hydrogens is 262 g/mol. The minimum Gasteiger partial charge on any atom is -0.497 e. The first-order chi connectivity index (χ1) is 10.3. The summed E-state index contributed by atoms with van der Waals surface area (Å²) in [6, 6.07) is 14.7. The second kappa shape index (κ2) is 6.08. The van der Waals surface area contributed by atoms with Gasteiger partial charge < -0.3 is 14.8 Å². The summed E-state index contributed by atoms with van der Waals surface area (Å²) in [6.45, 7) is 0.802. The Hall–Kier alpha value is -2.16. The fourth-order valence-corrected chi connectivity index (χ4v) is 2.49. The van der Waals surface area contributed by atoms with Crippen LogP contribution in [0.15, 0.2) is 42.5 Å². The van der Waals surface area contributed by atoms with E-state index in [-0.39, 0.29) is 0 Å². The third-order valence-corrected chi connectivity index (χ3v) is 3.85. The molecule has 0 saturated heterocycles. The zero-order chi connectivity index (χ0) is 14.7. The summed E-state index contributed by atoms with van der Waals surface area (Å²) < 4.78 is 10.6. The van der Waals surface area contributed by atoms with Crippen LogP contribution in [0.1, 0.15) is 29.9 Å². The zero-order valence-corrected chi connectivity index (χ0v) is 12.6. The molecule has 0 aromatic heterocycles. The topological polar surface area (TPSA) is 30.5 Å². The number of ether oxygens (including phenoxy) is 2. The number of anilines is 1. The Balaban J connectivity index is 1.70. The summed E-state index contributed by atoms with van der Waals surface area (Å²) in [7, 11) is 3.33. The van der Waals surface area contributed by atoms with E-state index in [9.17, 15) is 0 Å². The summed E-state index contributed by atoms with van der Waals surface area (Å²) in [5, 5.41) is 3.44. The molecule has 3 rings (SSSR count). The molecule has 0 unspecified atom stereocenters. The predicted octanol–water partition coefficient (Wildman–Crippen LogP) is 4.19. The van der Waals surface area contributed by atoms with Crippen LogP contribution < -0.4 is 14.8 Å². The normalized spacial score (nSPS) is 13.8. The van der Waals surface area contributed by atoms with Crippen LogP contribution in [0.4, 0.5) is 5.69 Å². The first kappa shape index (κ1) is 13.8. The van der Waals surface area contributed by atoms with Crippen molar-refractivity contribution in [2.24, 2.45) is 0 Å². The number of nitrogens with one attached hydrogen (secondary N) is 1. The van der Waals surface area contributed by atoms with E-state index in [2.05, 4.69) is 29.6 Å². The lowest BCUT2D eigenvalue weighted by Crippen LogP contribution is -2.00. The first-order valence-electron chi connectivity index (χ1n) is 7.34. The molecule has 0 aliphatic heterocycles. The zero-order valence-electron chi connectivity index (χ0n) is 12.6. The molecule has 1 aliphatic carbocycles. The van der Waals surface area contributed by atoms with E-state index < -0.39 is 0 Å². The van der Waals surface area contributed by atoms with Crippen molar-refractivity contribution < 1.29 is 9.47 Å². The van der Waals surface area contributed by atoms with Crippen LogP contribution >= 0.6 is 0 Å². The van der Waals surface area contributed by atoms with Gasteiger partial charge >= 0.3 is 0 Å². The molecule has 1 saturated carbocycles. The van der Waals surface area contributed by atoms with Gasteiger partial charge in [-0.1, -0.05) is 24.3 Å². The van der Waals surface area contributed by atoms with Crippen molar-refractivity contribution in [3.05, 3.63) is 53.6 Å². The SMILES string of the molecule is COc1cc(NCc2cccc(C3CC3)c2)cc(OC)c1. The van der Waals surface area contributed by atoms with Gasteiger partial charge in [-0.3, -0.25) is 0 Å². The second-order valence-electron chi connectivity index (χ2n) is 5.47. The molecule has 1 aliphatic rings. The standard InChI is InChI=1S/C18H21NO2/c1-20-17-9-16(10-18(11-17)21-2)19-12-13-4-3-5-15(8-13)14-6-7-14/h3-5,8-11,14,19H,6-7,12H2,1-2H3. The van der Waals surface area contributed by atoms with Gasteiger partial charge in [0.2, 0.25) is 0 Å². The van der Waals surface area contributed by atoms with Gasteiger partial charge in [-0.15, -0.1) is 0 Å². The van der Waals surface area contributed by atoms with Crippen molar-refractivity contribution in [3.8, 4) is 11.5 Å². The van der Waals surface area contributed by atoms with E-state index in [1.54, 1.807) is 14.2 Å². The molecule has 0 bridgehead atoms. The lowest BCUT2D eigenvalue weighted by molar-refractivity contribution is 0.394. The van der Waals surface area contributed by atoms with E-state index in [4.69, 9.17) is 9.47 Å². The van der Waals surface area contributed by atoms with Crippen LogP contribution in [0.2, 0.25) is 0 Å². The molecule has 0 amide bonds. The highest BCUT2D eigenvalue weighted by atomic mass is 16.5. The number of methoxy groups -OCH3 is 2. The van der Waals surface area contributed by atoms with Gasteiger partial charge in [0.05, 0.1) is 14.2 Å². The minimum atomic E-state index is 0.793. The molecule has 1 fully saturated rings. The highest BCUT2D eigenvalue weighted by Crippen LogP contribution is 2.40. The Morgan fingerprint density at radius 2 is 1.71 bits per heavy atom. The number of hydrogen-bond donors (Lipinski definition) is 1. The molecule has 3 heteroatoms. The van der Waals surface area contributed by atoms with Gasteiger partial charge in [0.15, 0.2) is 0 Å². The Morgan fingerprint density at radius 3 is 2.33 bits per heavy atom. The molecule has 2 aromatic carbocycles. The van der Waals surface area contributed by atoms with E-state index >= 15 is 0 Å². The van der Waals surface area contributed by atoms with Crippen LogP contribution in [0, 0.1) is 0 Å². The lowest BCUT2D eigenvalue weighted by atomic mass is 10.1. The molecule has 110 valence electrons. The molecule has 21 heavy (non-hydrogen) atoms. The summed E-state index contributed by atoms with van der Waals surface area (Å²) in [5.74, 6) is 2.38. The molecule has 0 atom stereocenters. The fraction of sp³-hybridized carbons (Fsp3) is 0.333. The number of benzene rings is 2. The maximum Gasteiger partial charge on any atom is 0.124 e. The third kappa shape index (κ3) is 3.48. The summed E-state index contributed by atoms with van der Waals surface area (Å²) in [4.78, 5) is 0. The number of rotatable bonds is 6.